The fourth-order valence-electron chi connectivity index (χ4n) is 2.58. The van der Waals surface area contributed by atoms with Gasteiger partial charge in [-0.15, -0.1) is 6.58 Å². The standard InChI is InChI=1S/C21H21N3/c1-4-8-19-16(3)22-20(17-9-6-5-7-10-17)24-21(19)23-18-13-11-15(2)12-14-18/h4-7,9-14H,1,8H2,2-3H3,(H,22,23,24). The van der Waals surface area contributed by atoms with E-state index in [2.05, 4.69) is 48.1 Å². The number of hydrogen-bond donors (Lipinski definition) is 1. The highest BCUT2D eigenvalue weighted by Crippen LogP contribution is 2.25. The predicted molar refractivity (Wildman–Crippen MR) is 101 cm³/mol. The third kappa shape index (κ3) is 3.51. The molecule has 0 fully saturated rings. The van der Waals surface area contributed by atoms with E-state index in [1.165, 1.54) is 5.56 Å². The van der Waals surface area contributed by atoms with Crippen molar-refractivity contribution in [3.05, 3.63) is 84.1 Å². The number of aromatic nitrogens is 2. The zero-order valence-corrected chi connectivity index (χ0v) is 14.1. The lowest BCUT2D eigenvalue weighted by Crippen LogP contribution is -2.05. The van der Waals surface area contributed by atoms with Crippen LogP contribution in [0.2, 0.25) is 0 Å². The minimum absolute atomic E-state index is 0.731. The summed E-state index contributed by atoms with van der Waals surface area (Å²) in [5, 5.41) is 3.44. The fourth-order valence-corrected chi connectivity index (χ4v) is 2.58. The summed E-state index contributed by atoms with van der Waals surface area (Å²) in [6, 6.07) is 18.3. The van der Waals surface area contributed by atoms with Gasteiger partial charge in [0, 0.05) is 22.5 Å². The Hall–Kier alpha value is -2.94. The maximum absolute atomic E-state index is 4.77. The van der Waals surface area contributed by atoms with Gasteiger partial charge in [-0.25, -0.2) is 9.97 Å². The topological polar surface area (TPSA) is 37.8 Å². The first-order chi connectivity index (χ1) is 11.7. The number of nitrogens with one attached hydrogen (secondary N) is 1. The maximum atomic E-state index is 4.77. The molecule has 3 nitrogen and oxygen atoms in total. The van der Waals surface area contributed by atoms with Crippen LogP contribution in [0.3, 0.4) is 0 Å². The van der Waals surface area contributed by atoms with Crippen LogP contribution in [-0.2, 0) is 6.42 Å². The first-order valence-corrected chi connectivity index (χ1v) is 8.05. The van der Waals surface area contributed by atoms with Crippen LogP contribution >= 0.6 is 0 Å². The molecule has 0 radical (unpaired) electrons. The second-order valence-electron chi connectivity index (χ2n) is 5.81. The van der Waals surface area contributed by atoms with Crippen molar-refractivity contribution in [3.8, 4) is 11.4 Å². The Morgan fingerprint density at radius 1 is 0.958 bits per heavy atom. The smallest absolute Gasteiger partial charge is 0.161 e. The largest absolute Gasteiger partial charge is 0.340 e. The van der Waals surface area contributed by atoms with Crippen molar-refractivity contribution in [3.63, 3.8) is 0 Å². The normalized spacial score (nSPS) is 10.4. The number of benzene rings is 2. The molecule has 3 heteroatoms. The second-order valence-corrected chi connectivity index (χ2v) is 5.81. The van der Waals surface area contributed by atoms with E-state index < -0.39 is 0 Å². The fraction of sp³-hybridized carbons (Fsp3) is 0.143. The molecule has 0 amide bonds. The summed E-state index contributed by atoms with van der Waals surface area (Å²) in [5.74, 6) is 1.57. The highest BCUT2D eigenvalue weighted by atomic mass is 15.0. The molecule has 0 atom stereocenters. The van der Waals surface area contributed by atoms with Crippen LogP contribution in [-0.4, -0.2) is 9.97 Å². The van der Waals surface area contributed by atoms with Gasteiger partial charge < -0.3 is 5.32 Å². The van der Waals surface area contributed by atoms with Crippen molar-refractivity contribution in [1.82, 2.24) is 9.97 Å². The van der Waals surface area contributed by atoms with Gasteiger partial charge >= 0.3 is 0 Å². The molecule has 3 rings (SSSR count). The highest BCUT2D eigenvalue weighted by Gasteiger charge is 2.12. The van der Waals surface area contributed by atoms with Crippen LogP contribution in [0.25, 0.3) is 11.4 Å². The third-order valence-corrected chi connectivity index (χ3v) is 3.91. The zero-order valence-electron chi connectivity index (χ0n) is 14.1. The predicted octanol–water partition coefficient (Wildman–Crippen LogP) is 5.23. The lowest BCUT2D eigenvalue weighted by atomic mass is 10.1. The van der Waals surface area contributed by atoms with E-state index in [1.807, 2.05) is 43.3 Å². The van der Waals surface area contributed by atoms with Gasteiger partial charge in [-0.1, -0.05) is 54.1 Å². The summed E-state index contributed by atoms with van der Waals surface area (Å²) in [5.41, 5.74) is 5.31. The van der Waals surface area contributed by atoms with Gasteiger partial charge in [0.25, 0.3) is 0 Å². The average Bonchev–Trinajstić information content (AvgIpc) is 2.60. The second kappa shape index (κ2) is 7.09. The quantitative estimate of drug-likeness (QED) is 0.655. The Kier molecular flexibility index (Phi) is 4.71. The zero-order chi connectivity index (χ0) is 16.9. The van der Waals surface area contributed by atoms with Crippen LogP contribution in [0.4, 0.5) is 11.5 Å². The van der Waals surface area contributed by atoms with Gasteiger partial charge in [-0.05, 0) is 32.4 Å². The molecule has 1 heterocycles. The Morgan fingerprint density at radius 3 is 2.33 bits per heavy atom. The molecule has 0 saturated heterocycles. The van der Waals surface area contributed by atoms with E-state index >= 15 is 0 Å². The van der Waals surface area contributed by atoms with Gasteiger partial charge in [-0.3, -0.25) is 0 Å². The molecule has 0 saturated carbocycles. The minimum atomic E-state index is 0.731. The SMILES string of the molecule is C=CCc1c(C)nc(-c2ccccc2)nc1Nc1ccc(C)cc1. The molecule has 0 unspecified atom stereocenters. The summed E-state index contributed by atoms with van der Waals surface area (Å²) in [6.07, 6.45) is 2.61. The number of hydrogen-bond acceptors (Lipinski definition) is 3. The summed E-state index contributed by atoms with van der Waals surface area (Å²) in [7, 11) is 0. The first kappa shape index (κ1) is 15.9. The molecule has 2 aromatic carbocycles. The number of nitrogens with zero attached hydrogens (tertiary/aromatic N) is 2. The van der Waals surface area contributed by atoms with Gasteiger partial charge in [0.15, 0.2) is 5.82 Å². The molecule has 3 aromatic rings. The lowest BCUT2D eigenvalue weighted by Gasteiger charge is -2.14. The van der Waals surface area contributed by atoms with E-state index in [4.69, 9.17) is 4.98 Å². The maximum Gasteiger partial charge on any atom is 0.161 e. The van der Waals surface area contributed by atoms with Gasteiger partial charge in [0.2, 0.25) is 0 Å². The number of rotatable bonds is 5. The van der Waals surface area contributed by atoms with Gasteiger partial charge in [0.05, 0.1) is 0 Å². The molecule has 0 aliphatic carbocycles. The van der Waals surface area contributed by atoms with E-state index in [0.29, 0.717) is 0 Å². The molecule has 0 aliphatic rings. The van der Waals surface area contributed by atoms with Crippen molar-refractivity contribution < 1.29 is 0 Å². The van der Waals surface area contributed by atoms with Crippen molar-refractivity contribution in [2.24, 2.45) is 0 Å². The monoisotopic (exact) mass is 315 g/mol. The van der Waals surface area contributed by atoms with Crippen LogP contribution < -0.4 is 5.32 Å². The molecule has 0 bridgehead atoms. The van der Waals surface area contributed by atoms with Crippen molar-refractivity contribution in [1.29, 1.82) is 0 Å². The third-order valence-electron chi connectivity index (χ3n) is 3.91. The first-order valence-electron chi connectivity index (χ1n) is 8.05. The molecule has 0 spiro atoms. The van der Waals surface area contributed by atoms with E-state index in [-0.39, 0.29) is 0 Å². The number of allylic oxidation sites excluding steroid dienone is 1. The Morgan fingerprint density at radius 2 is 1.67 bits per heavy atom. The Balaban J connectivity index is 2.05. The molecular weight excluding hydrogens is 294 g/mol. The van der Waals surface area contributed by atoms with Crippen molar-refractivity contribution >= 4 is 11.5 Å². The highest BCUT2D eigenvalue weighted by molar-refractivity contribution is 5.65. The van der Waals surface area contributed by atoms with E-state index in [9.17, 15) is 0 Å². The molecule has 120 valence electrons. The summed E-state index contributed by atoms with van der Waals surface area (Å²) in [4.78, 5) is 9.45. The molecule has 24 heavy (non-hydrogen) atoms. The summed E-state index contributed by atoms with van der Waals surface area (Å²) < 4.78 is 0. The van der Waals surface area contributed by atoms with Crippen molar-refractivity contribution in [2.75, 3.05) is 5.32 Å². The number of aryl methyl sites for hydroxylation is 2. The van der Waals surface area contributed by atoms with E-state index in [0.717, 1.165) is 40.6 Å². The van der Waals surface area contributed by atoms with Crippen LogP contribution in [0.1, 0.15) is 16.8 Å². The van der Waals surface area contributed by atoms with Crippen molar-refractivity contribution in [2.45, 2.75) is 20.3 Å². The van der Waals surface area contributed by atoms with Crippen LogP contribution in [0.5, 0.6) is 0 Å². The number of anilines is 2. The summed E-state index contributed by atoms with van der Waals surface area (Å²) in [6.45, 7) is 7.95. The molecule has 1 N–H and O–H groups in total. The summed E-state index contributed by atoms with van der Waals surface area (Å²) >= 11 is 0. The van der Waals surface area contributed by atoms with Crippen LogP contribution in [0, 0.1) is 13.8 Å². The molecule has 0 aliphatic heterocycles. The van der Waals surface area contributed by atoms with Crippen LogP contribution in [0.15, 0.2) is 67.3 Å². The van der Waals surface area contributed by atoms with Gasteiger partial charge in [-0.2, -0.15) is 0 Å². The molecule has 1 aromatic heterocycles. The van der Waals surface area contributed by atoms with E-state index in [1.54, 1.807) is 0 Å². The average molecular weight is 315 g/mol. The molecular formula is C21H21N3. The minimum Gasteiger partial charge on any atom is -0.340 e. The lowest BCUT2D eigenvalue weighted by molar-refractivity contribution is 1.04. The van der Waals surface area contributed by atoms with Gasteiger partial charge in [0.1, 0.15) is 5.82 Å². The Bertz CT molecular complexity index is 837. The Labute approximate surface area is 143 Å².